The van der Waals surface area contributed by atoms with Crippen molar-refractivity contribution < 1.29 is 24.1 Å². The lowest BCUT2D eigenvalue weighted by atomic mass is 10.1. The van der Waals surface area contributed by atoms with Crippen LogP contribution < -0.4 is 11.4 Å². The molecule has 0 spiro atoms. The summed E-state index contributed by atoms with van der Waals surface area (Å²) in [6.07, 6.45) is 3.06. The maximum absolute atomic E-state index is 11.9. The number of nitrogens with zero attached hydrogens (tertiary/aromatic N) is 2. The normalized spacial score (nSPS) is 27.0. The van der Waals surface area contributed by atoms with Crippen LogP contribution in [0.4, 0.5) is 5.82 Å². The molecule has 0 aliphatic carbocycles. The molecule has 1 saturated heterocycles. The highest BCUT2D eigenvalue weighted by Gasteiger charge is 2.46. The summed E-state index contributed by atoms with van der Waals surface area (Å²) in [5.41, 5.74) is 4.82. The minimum atomic E-state index is -1.12. The third kappa shape index (κ3) is 4.07. The molecule has 4 atom stereocenters. The fraction of sp³-hybridized carbons (Fsp3) is 0.571. The van der Waals surface area contributed by atoms with E-state index in [-0.39, 0.29) is 25.8 Å². The van der Waals surface area contributed by atoms with Crippen molar-refractivity contribution in [1.29, 1.82) is 0 Å². The molecular weight excluding hydrogens is 306 g/mol. The maximum Gasteiger partial charge on any atom is 0.351 e. The molecule has 9 nitrogen and oxygen atoms in total. The number of nitrogen functional groups attached to an aromatic ring is 1. The average molecular weight is 325 g/mol. The van der Waals surface area contributed by atoms with Gasteiger partial charge in [-0.2, -0.15) is 4.98 Å². The minimum absolute atomic E-state index is 0.0858. The van der Waals surface area contributed by atoms with Crippen LogP contribution in [0.3, 0.4) is 0 Å². The number of methoxy groups -OCH3 is 1. The standard InChI is InChI=1S/C14H19N3O6/c1-3-6-21-8-22-12-9(7-20-2)23-13(11(12)18)17-5-4-10(15)16-14(17)19/h1,4-5,9,11-13,18H,6-8H2,2H3,(H2,15,16,19). The Labute approximate surface area is 132 Å². The van der Waals surface area contributed by atoms with E-state index in [0.717, 1.165) is 4.57 Å². The van der Waals surface area contributed by atoms with Crippen molar-refractivity contribution in [3.8, 4) is 12.3 Å². The Morgan fingerprint density at radius 2 is 2.39 bits per heavy atom. The Kier molecular flexibility index (Phi) is 6.09. The predicted molar refractivity (Wildman–Crippen MR) is 79.2 cm³/mol. The number of ether oxygens (including phenoxy) is 4. The smallest absolute Gasteiger partial charge is 0.351 e. The first-order valence-electron chi connectivity index (χ1n) is 6.88. The summed E-state index contributed by atoms with van der Waals surface area (Å²) in [4.78, 5) is 15.5. The van der Waals surface area contributed by atoms with Gasteiger partial charge >= 0.3 is 5.69 Å². The summed E-state index contributed by atoms with van der Waals surface area (Å²) in [7, 11) is 1.49. The van der Waals surface area contributed by atoms with Crippen molar-refractivity contribution in [1.82, 2.24) is 9.55 Å². The van der Waals surface area contributed by atoms with Gasteiger partial charge in [-0.25, -0.2) is 4.79 Å². The van der Waals surface area contributed by atoms with Crippen molar-refractivity contribution in [3.63, 3.8) is 0 Å². The van der Waals surface area contributed by atoms with E-state index in [1.54, 1.807) is 0 Å². The molecule has 126 valence electrons. The van der Waals surface area contributed by atoms with Crippen molar-refractivity contribution in [3.05, 3.63) is 22.7 Å². The molecule has 1 aromatic rings. The largest absolute Gasteiger partial charge is 0.386 e. The van der Waals surface area contributed by atoms with E-state index in [0.29, 0.717) is 0 Å². The summed E-state index contributed by atoms with van der Waals surface area (Å²) in [6.45, 7) is 0.144. The second-order valence-electron chi connectivity index (χ2n) is 4.86. The van der Waals surface area contributed by atoms with E-state index in [1.165, 1.54) is 19.4 Å². The molecule has 3 N–H and O–H groups in total. The minimum Gasteiger partial charge on any atom is -0.386 e. The fourth-order valence-electron chi connectivity index (χ4n) is 2.30. The van der Waals surface area contributed by atoms with Gasteiger partial charge in [0, 0.05) is 13.3 Å². The molecule has 0 radical (unpaired) electrons. The Morgan fingerprint density at radius 1 is 1.61 bits per heavy atom. The van der Waals surface area contributed by atoms with Gasteiger partial charge in [-0.15, -0.1) is 6.42 Å². The fourth-order valence-corrected chi connectivity index (χ4v) is 2.30. The predicted octanol–water partition coefficient (Wildman–Crippen LogP) is -1.28. The first kappa shape index (κ1) is 17.4. The Hall–Kier alpha value is -1.96. The Balaban J connectivity index is 2.13. The van der Waals surface area contributed by atoms with Gasteiger partial charge in [0.25, 0.3) is 0 Å². The molecule has 1 aliphatic heterocycles. The zero-order chi connectivity index (χ0) is 16.8. The zero-order valence-electron chi connectivity index (χ0n) is 12.6. The topological polar surface area (TPSA) is 118 Å². The monoisotopic (exact) mass is 325 g/mol. The van der Waals surface area contributed by atoms with Crippen LogP contribution in [-0.2, 0) is 18.9 Å². The number of hydrogen-bond donors (Lipinski definition) is 2. The number of aliphatic hydroxyl groups is 1. The molecule has 2 rings (SSSR count). The van der Waals surface area contributed by atoms with Gasteiger partial charge in [0.05, 0.1) is 6.61 Å². The summed E-state index contributed by atoms with van der Waals surface area (Å²) < 4.78 is 22.4. The van der Waals surface area contributed by atoms with Crippen LogP contribution in [0.1, 0.15) is 6.23 Å². The molecule has 0 bridgehead atoms. The van der Waals surface area contributed by atoms with E-state index in [2.05, 4.69) is 10.9 Å². The molecule has 1 fully saturated rings. The number of hydrogen-bond acceptors (Lipinski definition) is 8. The number of rotatable bonds is 7. The highest BCUT2D eigenvalue weighted by atomic mass is 16.7. The SMILES string of the molecule is C#CCOCOC1C(COC)OC(n2ccc(N)nc2=O)C1O. The van der Waals surface area contributed by atoms with Gasteiger partial charge in [-0.1, -0.05) is 5.92 Å². The molecular formula is C14H19N3O6. The summed E-state index contributed by atoms with van der Waals surface area (Å²) in [6, 6.07) is 1.44. The van der Waals surface area contributed by atoms with Crippen molar-refractivity contribution in [2.45, 2.75) is 24.5 Å². The van der Waals surface area contributed by atoms with Crippen LogP contribution >= 0.6 is 0 Å². The van der Waals surface area contributed by atoms with Gasteiger partial charge in [-0.05, 0) is 6.07 Å². The molecule has 23 heavy (non-hydrogen) atoms. The van der Waals surface area contributed by atoms with Crippen LogP contribution in [0.2, 0.25) is 0 Å². The second-order valence-corrected chi connectivity index (χ2v) is 4.86. The highest BCUT2D eigenvalue weighted by molar-refractivity contribution is 5.23. The Morgan fingerprint density at radius 3 is 3.04 bits per heavy atom. The van der Waals surface area contributed by atoms with E-state index in [1.807, 2.05) is 0 Å². The molecule has 0 saturated carbocycles. The third-order valence-corrected chi connectivity index (χ3v) is 3.30. The van der Waals surface area contributed by atoms with Gasteiger partial charge in [-0.3, -0.25) is 4.57 Å². The molecule has 0 aromatic carbocycles. The first-order chi connectivity index (χ1) is 11.1. The lowest BCUT2D eigenvalue weighted by Gasteiger charge is -2.20. The average Bonchev–Trinajstić information content (AvgIpc) is 2.81. The zero-order valence-corrected chi connectivity index (χ0v) is 12.6. The number of aliphatic hydroxyl groups excluding tert-OH is 1. The van der Waals surface area contributed by atoms with Gasteiger partial charge in [0.15, 0.2) is 6.23 Å². The van der Waals surface area contributed by atoms with E-state index in [4.69, 9.17) is 31.1 Å². The van der Waals surface area contributed by atoms with Crippen LogP contribution in [0.25, 0.3) is 0 Å². The number of terminal acetylenes is 1. The van der Waals surface area contributed by atoms with E-state index < -0.39 is 30.2 Å². The van der Waals surface area contributed by atoms with Crippen LogP contribution in [-0.4, -0.2) is 60.1 Å². The van der Waals surface area contributed by atoms with Gasteiger partial charge < -0.3 is 29.8 Å². The van der Waals surface area contributed by atoms with Gasteiger partial charge in [0.1, 0.15) is 37.5 Å². The molecule has 9 heteroatoms. The van der Waals surface area contributed by atoms with E-state index in [9.17, 15) is 9.90 Å². The lowest BCUT2D eigenvalue weighted by Crippen LogP contribution is -2.38. The molecule has 1 aromatic heterocycles. The first-order valence-corrected chi connectivity index (χ1v) is 6.88. The quantitative estimate of drug-likeness (QED) is 0.362. The van der Waals surface area contributed by atoms with Crippen LogP contribution in [0.5, 0.6) is 0 Å². The van der Waals surface area contributed by atoms with Crippen molar-refractivity contribution in [2.75, 3.05) is 32.9 Å². The molecule has 2 heterocycles. The van der Waals surface area contributed by atoms with Gasteiger partial charge in [0.2, 0.25) is 0 Å². The lowest BCUT2D eigenvalue weighted by molar-refractivity contribution is -0.127. The maximum atomic E-state index is 11.9. The summed E-state index contributed by atoms with van der Waals surface area (Å²) in [5.74, 6) is 2.39. The summed E-state index contributed by atoms with van der Waals surface area (Å²) in [5, 5.41) is 10.4. The molecule has 1 aliphatic rings. The number of nitrogens with two attached hydrogens (primary N) is 1. The number of anilines is 1. The van der Waals surface area contributed by atoms with Crippen molar-refractivity contribution >= 4 is 5.82 Å². The highest BCUT2D eigenvalue weighted by Crippen LogP contribution is 2.30. The number of aromatic nitrogens is 2. The summed E-state index contributed by atoms with van der Waals surface area (Å²) >= 11 is 0. The Bertz CT molecular complexity index is 613. The third-order valence-electron chi connectivity index (χ3n) is 3.30. The van der Waals surface area contributed by atoms with Crippen molar-refractivity contribution in [2.24, 2.45) is 0 Å². The molecule has 0 amide bonds. The van der Waals surface area contributed by atoms with E-state index >= 15 is 0 Å². The molecule has 4 unspecified atom stereocenters. The van der Waals surface area contributed by atoms with Crippen LogP contribution in [0, 0.1) is 12.3 Å². The van der Waals surface area contributed by atoms with Crippen LogP contribution in [0.15, 0.2) is 17.1 Å². The second kappa shape index (κ2) is 8.05.